The van der Waals surface area contributed by atoms with Crippen LogP contribution in [0, 0.1) is 0 Å². The third kappa shape index (κ3) is 6.08. The summed E-state index contributed by atoms with van der Waals surface area (Å²) in [5.41, 5.74) is 4.39. The summed E-state index contributed by atoms with van der Waals surface area (Å²) >= 11 is 1.55. The zero-order chi connectivity index (χ0) is 25.9. The highest BCUT2D eigenvalue weighted by Gasteiger charge is 2.38. The molecule has 1 aliphatic carbocycles. The van der Waals surface area contributed by atoms with Crippen molar-refractivity contribution in [2.24, 2.45) is 0 Å². The van der Waals surface area contributed by atoms with E-state index >= 15 is 0 Å². The van der Waals surface area contributed by atoms with E-state index in [4.69, 9.17) is 0 Å². The molecule has 2 heterocycles. The standard InChI is InChI=1S/C29H29F3N2O2S/c30-29(31,32)36-24-6-3-4-21(18-24)19-33-27(35)25(23-10-17-37-20-23)9-14-34-15-12-28(13-16-34)11-8-22-5-1-2-7-26(22)28/h1-8,10-11,17-18,20,25H,9,12-16,19H2,(H,33,35)/t25-/m0/s1. The molecule has 0 radical (unpaired) electrons. The van der Waals surface area contributed by atoms with Crippen LogP contribution in [-0.4, -0.2) is 36.8 Å². The lowest BCUT2D eigenvalue weighted by atomic mass is 9.74. The topological polar surface area (TPSA) is 41.6 Å². The van der Waals surface area contributed by atoms with Crippen molar-refractivity contribution in [3.63, 3.8) is 0 Å². The van der Waals surface area contributed by atoms with Gasteiger partial charge in [0.1, 0.15) is 5.75 Å². The lowest BCUT2D eigenvalue weighted by molar-refractivity contribution is -0.274. The number of fused-ring (bicyclic) bond motifs is 2. The zero-order valence-corrected chi connectivity index (χ0v) is 21.2. The molecule has 5 rings (SSSR count). The van der Waals surface area contributed by atoms with Gasteiger partial charge in [0.15, 0.2) is 0 Å². The molecule has 1 saturated heterocycles. The Balaban J connectivity index is 1.17. The Bertz CT molecular complexity index is 1250. The number of rotatable bonds is 8. The van der Waals surface area contributed by atoms with Gasteiger partial charge >= 0.3 is 6.36 Å². The van der Waals surface area contributed by atoms with Gasteiger partial charge < -0.3 is 15.0 Å². The molecule has 1 spiro atoms. The quantitative estimate of drug-likeness (QED) is 0.365. The smallest absolute Gasteiger partial charge is 0.406 e. The van der Waals surface area contributed by atoms with E-state index in [1.807, 2.05) is 16.8 Å². The van der Waals surface area contributed by atoms with Crippen molar-refractivity contribution in [1.29, 1.82) is 0 Å². The minimum absolute atomic E-state index is 0.123. The van der Waals surface area contributed by atoms with Gasteiger partial charge in [-0.05, 0) is 90.1 Å². The highest BCUT2D eigenvalue weighted by Crippen LogP contribution is 2.43. The van der Waals surface area contributed by atoms with Gasteiger partial charge in [-0.15, -0.1) is 13.2 Å². The van der Waals surface area contributed by atoms with Gasteiger partial charge in [-0.2, -0.15) is 11.3 Å². The molecule has 2 aromatic carbocycles. The van der Waals surface area contributed by atoms with Crippen LogP contribution in [0.4, 0.5) is 13.2 Å². The summed E-state index contributed by atoms with van der Waals surface area (Å²) in [4.78, 5) is 15.6. The summed E-state index contributed by atoms with van der Waals surface area (Å²) in [6.45, 7) is 2.89. The van der Waals surface area contributed by atoms with Crippen molar-refractivity contribution in [3.8, 4) is 5.75 Å². The average Bonchev–Trinajstić information content (AvgIpc) is 3.53. The van der Waals surface area contributed by atoms with E-state index in [9.17, 15) is 18.0 Å². The number of nitrogens with zero attached hydrogens (tertiary/aromatic N) is 1. The Morgan fingerprint density at radius 1 is 1.11 bits per heavy atom. The molecule has 0 unspecified atom stereocenters. The largest absolute Gasteiger partial charge is 0.573 e. The molecule has 1 N–H and O–H groups in total. The molecular formula is C29H29F3N2O2S. The fraction of sp³-hybridized carbons (Fsp3) is 0.345. The second-order valence-corrected chi connectivity index (χ2v) is 10.5. The maximum atomic E-state index is 13.2. The van der Waals surface area contributed by atoms with Crippen LogP contribution in [0.1, 0.15) is 47.4 Å². The summed E-state index contributed by atoms with van der Waals surface area (Å²) < 4.78 is 41.6. The second kappa shape index (κ2) is 10.7. The monoisotopic (exact) mass is 526 g/mol. The zero-order valence-electron chi connectivity index (χ0n) is 20.3. The molecule has 4 nitrogen and oxygen atoms in total. The number of thiophene rings is 1. The first kappa shape index (κ1) is 25.5. The van der Waals surface area contributed by atoms with E-state index in [2.05, 4.69) is 51.4 Å². The molecule has 3 aromatic rings. The van der Waals surface area contributed by atoms with Crippen LogP contribution >= 0.6 is 11.3 Å². The Morgan fingerprint density at radius 3 is 2.68 bits per heavy atom. The molecule has 1 aromatic heterocycles. The maximum absolute atomic E-state index is 13.2. The number of hydrogen-bond acceptors (Lipinski definition) is 4. The average molecular weight is 527 g/mol. The number of hydrogen-bond donors (Lipinski definition) is 1. The fourth-order valence-corrected chi connectivity index (χ4v) is 6.16. The summed E-state index contributed by atoms with van der Waals surface area (Å²) in [7, 11) is 0. The number of piperidine rings is 1. The summed E-state index contributed by atoms with van der Waals surface area (Å²) in [6.07, 6.45) is 2.66. The second-order valence-electron chi connectivity index (χ2n) is 9.73. The van der Waals surface area contributed by atoms with E-state index in [1.54, 1.807) is 17.4 Å². The number of likely N-dealkylation sites (tertiary alicyclic amines) is 1. The van der Waals surface area contributed by atoms with Gasteiger partial charge in [-0.1, -0.05) is 48.6 Å². The van der Waals surface area contributed by atoms with Crippen LogP contribution in [0.25, 0.3) is 6.08 Å². The van der Waals surface area contributed by atoms with Crippen LogP contribution in [0.5, 0.6) is 5.75 Å². The van der Waals surface area contributed by atoms with Crippen molar-refractivity contribution in [2.75, 3.05) is 19.6 Å². The summed E-state index contributed by atoms with van der Waals surface area (Å²) in [5, 5.41) is 6.87. The number of allylic oxidation sites excluding steroid dienone is 1. The van der Waals surface area contributed by atoms with Crippen molar-refractivity contribution < 1.29 is 22.7 Å². The van der Waals surface area contributed by atoms with E-state index in [1.165, 1.54) is 29.3 Å². The molecule has 1 amide bonds. The number of carbonyl (C=O) groups excluding carboxylic acids is 1. The number of alkyl halides is 3. The normalized spacial score (nSPS) is 17.5. The fourth-order valence-electron chi connectivity index (χ4n) is 5.45. The highest BCUT2D eigenvalue weighted by atomic mass is 32.1. The van der Waals surface area contributed by atoms with Gasteiger partial charge in [-0.3, -0.25) is 4.79 Å². The summed E-state index contributed by atoms with van der Waals surface area (Å²) in [5.74, 6) is -0.734. The molecule has 1 fully saturated rings. The first-order valence-corrected chi connectivity index (χ1v) is 13.4. The number of nitrogens with one attached hydrogen (secondary N) is 1. The molecule has 1 aliphatic heterocycles. The molecular weight excluding hydrogens is 497 g/mol. The lowest BCUT2D eigenvalue weighted by Crippen LogP contribution is -2.42. The number of halogens is 3. The Labute approximate surface area is 218 Å². The van der Waals surface area contributed by atoms with E-state index in [0.29, 0.717) is 12.0 Å². The Kier molecular flexibility index (Phi) is 7.40. The van der Waals surface area contributed by atoms with Crippen molar-refractivity contribution >= 4 is 23.3 Å². The van der Waals surface area contributed by atoms with E-state index in [-0.39, 0.29) is 29.5 Å². The number of ether oxygens (including phenoxy) is 1. The van der Waals surface area contributed by atoms with Gasteiger partial charge in [-0.25, -0.2) is 0 Å². The number of carbonyl (C=O) groups is 1. The Hall–Kier alpha value is -3.10. The van der Waals surface area contributed by atoms with E-state index in [0.717, 1.165) is 38.0 Å². The molecule has 2 aliphatic rings. The van der Waals surface area contributed by atoms with Gasteiger partial charge in [0, 0.05) is 12.0 Å². The first-order chi connectivity index (χ1) is 17.8. The predicted octanol–water partition coefficient (Wildman–Crippen LogP) is 6.50. The molecule has 8 heteroatoms. The molecule has 1 atom stereocenters. The van der Waals surface area contributed by atoms with Crippen LogP contribution in [0.3, 0.4) is 0 Å². The lowest BCUT2D eigenvalue weighted by Gasteiger charge is -2.39. The molecule has 0 bridgehead atoms. The SMILES string of the molecule is O=C(NCc1cccc(OC(F)(F)F)c1)[C@@H](CCN1CCC2(C=Cc3ccccc32)CC1)c1ccsc1. The minimum Gasteiger partial charge on any atom is -0.406 e. The third-order valence-corrected chi connectivity index (χ3v) is 8.12. The van der Waals surface area contributed by atoms with Crippen LogP contribution in [0.2, 0.25) is 0 Å². The minimum atomic E-state index is -4.75. The van der Waals surface area contributed by atoms with E-state index < -0.39 is 6.36 Å². The van der Waals surface area contributed by atoms with Crippen molar-refractivity contribution in [1.82, 2.24) is 10.2 Å². The maximum Gasteiger partial charge on any atom is 0.573 e. The van der Waals surface area contributed by atoms with Gasteiger partial charge in [0.2, 0.25) is 5.91 Å². The molecule has 194 valence electrons. The highest BCUT2D eigenvalue weighted by molar-refractivity contribution is 7.08. The number of amides is 1. The molecule has 0 saturated carbocycles. The van der Waals surface area contributed by atoms with Crippen molar-refractivity contribution in [2.45, 2.75) is 43.5 Å². The first-order valence-electron chi connectivity index (χ1n) is 12.5. The Morgan fingerprint density at radius 2 is 1.92 bits per heavy atom. The third-order valence-electron chi connectivity index (χ3n) is 7.42. The number of benzene rings is 2. The van der Waals surface area contributed by atoms with Gasteiger partial charge in [0.25, 0.3) is 0 Å². The van der Waals surface area contributed by atoms with Crippen LogP contribution in [-0.2, 0) is 16.8 Å². The van der Waals surface area contributed by atoms with Crippen LogP contribution in [0.15, 0.2) is 71.4 Å². The van der Waals surface area contributed by atoms with Crippen LogP contribution < -0.4 is 10.1 Å². The van der Waals surface area contributed by atoms with Crippen molar-refractivity contribution in [3.05, 3.63) is 93.7 Å². The molecule has 37 heavy (non-hydrogen) atoms. The van der Waals surface area contributed by atoms with Gasteiger partial charge in [0.05, 0.1) is 5.92 Å². The predicted molar refractivity (Wildman–Crippen MR) is 139 cm³/mol. The summed E-state index contributed by atoms with van der Waals surface area (Å²) in [6, 6.07) is 16.3.